The van der Waals surface area contributed by atoms with Gasteiger partial charge in [-0.2, -0.15) is 5.10 Å². The molecule has 0 atom stereocenters. The summed E-state index contributed by atoms with van der Waals surface area (Å²) in [5, 5.41) is 7.37. The van der Waals surface area contributed by atoms with Crippen molar-refractivity contribution in [1.82, 2.24) is 24.6 Å². The van der Waals surface area contributed by atoms with Gasteiger partial charge in [-0.05, 0) is 25.1 Å². The van der Waals surface area contributed by atoms with Crippen LogP contribution in [0.4, 0.5) is 0 Å². The van der Waals surface area contributed by atoms with E-state index in [2.05, 4.69) is 45.4 Å². The Morgan fingerprint density at radius 2 is 2.29 bits per heavy atom. The number of hydrogen-bond acceptors (Lipinski definition) is 3. The molecule has 2 aromatic heterocycles. The zero-order chi connectivity index (χ0) is 12.1. The third kappa shape index (κ3) is 2.94. The van der Waals surface area contributed by atoms with Gasteiger partial charge in [-0.15, -0.1) is 0 Å². The van der Waals surface area contributed by atoms with Crippen LogP contribution in [0.1, 0.15) is 24.7 Å². The molecule has 5 heteroatoms. The Balaban J connectivity index is 2.05. The molecule has 2 heterocycles. The van der Waals surface area contributed by atoms with Gasteiger partial charge in [0.1, 0.15) is 12.2 Å². The Bertz CT molecular complexity index is 457. The molecule has 1 N–H and O–H groups in total. The first-order valence-electron chi connectivity index (χ1n) is 5.99. The highest BCUT2D eigenvalue weighted by atomic mass is 15.3. The smallest absolute Gasteiger partial charge is 0.146 e. The predicted octanol–water partition coefficient (Wildman–Crippen LogP) is 1.26. The van der Waals surface area contributed by atoms with E-state index in [0.29, 0.717) is 0 Å². The van der Waals surface area contributed by atoms with Crippen LogP contribution in [0.5, 0.6) is 0 Å². The summed E-state index contributed by atoms with van der Waals surface area (Å²) in [7, 11) is 1.95. The highest BCUT2D eigenvalue weighted by Gasteiger charge is 2.04. The summed E-state index contributed by atoms with van der Waals surface area (Å²) in [6.45, 7) is 4.75. The zero-order valence-electron chi connectivity index (χ0n) is 10.4. The van der Waals surface area contributed by atoms with E-state index in [1.807, 2.05) is 11.7 Å². The van der Waals surface area contributed by atoms with Crippen molar-refractivity contribution < 1.29 is 0 Å². The molecule has 0 aliphatic carbocycles. The van der Waals surface area contributed by atoms with Gasteiger partial charge in [0.15, 0.2) is 0 Å². The Hall–Kier alpha value is -1.62. The summed E-state index contributed by atoms with van der Waals surface area (Å²) in [5.41, 5.74) is 1.29. The lowest BCUT2D eigenvalue weighted by Crippen LogP contribution is -2.09. The molecule has 0 spiro atoms. The van der Waals surface area contributed by atoms with Crippen molar-refractivity contribution in [3.05, 3.63) is 36.2 Å². The van der Waals surface area contributed by atoms with Gasteiger partial charge in [-0.1, -0.05) is 6.92 Å². The maximum absolute atomic E-state index is 4.30. The maximum atomic E-state index is 4.30. The molecule has 5 nitrogen and oxygen atoms in total. The summed E-state index contributed by atoms with van der Waals surface area (Å²) in [4.78, 5) is 4.30. The SMILES string of the molecule is CCCn1ncnc1Cn1ccc(CNC)c1. The fourth-order valence-corrected chi connectivity index (χ4v) is 1.87. The van der Waals surface area contributed by atoms with Crippen molar-refractivity contribution in [3.8, 4) is 0 Å². The molecule has 0 aromatic carbocycles. The van der Waals surface area contributed by atoms with Crippen LogP contribution in [0.3, 0.4) is 0 Å². The van der Waals surface area contributed by atoms with Gasteiger partial charge < -0.3 is 9.88 Å². The summed E-state index contributed by atoms with van der Waals surface area (Å²) >= 11 is 0. The van der Waals surface area contributed by atoms with Crippen molar-refractivity contribution in [2.24, 2.45) is 0 Å². The third-order valence-electron chi connectivity index (χ3n) is 2.65. The van der Waals surface area contributed by atoms with Crippen LogP contribution in [-0.4, -0.2) is 26.4 Å². The molecule has 0 saturated carbocycles. The zero-order valence-corrected chi connectivity index (χ0v) is 10.4. The van der Waals surface area contributed by atoms with Gasteiger partial charge in [0.2, 0.25) is 0 Å². The van der Waals surface area contributed by atoms with E-state index in [1.165, 1.54) is 5.56 Å². The highest BCUT2D eigenvalue weighted by Crippen LogP contribution is 2.04. The summed E-state index contributed by atoms with van der Waals surface area (Å²) in [6.07, 6.45) is 6.93. The van der Waals surface area contributed by atoms with E-state index >= 15 is 0 Å². The molecule has 92 valence electrons. The molecule has 0 amide bonds. The molecule has 0 saturated heterocycles. The summed E-state index contributed by atoms with van der Waals surface area (Å²) < 4.78 is 4.11. The van der Waals surface area contributed by atoms with Gasteiger partial charge in [0.05, 0.1) is 6.54 Å². The molecule has 0 aliphatic heterocycles. The van der Waals surface area contributed by atoms with Crippen molar-refractivity contribution in [2.75, 3.05) is 7.05 Å². The van der Waals surface area contributed by atoms with E-state index in [9.17, 15) is 0 Å². The first kappa shape index (κ1) is 11.9. The lowest BCUT2D eigenvalue weighted by atomic mass is 10.3. The third-order valence-corrected chi connectivity index (χ3v) is 2.65. The van der Waals surface area contributed by atoms with Crippen molar-refractivity contribution in [3.63, 3.8) is 0 Å². The molecule has 0 aliphatic rings. The van der Waals surface area contributed by atoms with Crippen LogP contribution < -0.4 is 5.32 Å². The van der Waals surface area contributed by atoms with E-state index in [-0.39, 0.29) is 0 Å². The van der Waals surface area contributed by atoms with E-state index in [1.54, 1.807) is 6.33 Å². The Kier molecular flexibility index (Phi) is 3.93. The Morgan fingerprint density at radius 1 is 1.41 bits per heavy atom. The first-order chi connectivity index (χ1) is 8.33. The lowest BCUT2D eigenvalue weighted by molar-refractivity contribution is 0.554. The lowest BCUT2D eigenvalue weighted by Gasteiger charge is -2.05. The minimum Gasteiger partial charge on any atom is -0.346 e. The molecule has 2 rings (SSSR count). The quantitative estimate of drug-likeness (QED) is 0.817. The second-order valence-corrected chi connectivity index (χ2v) is 4.12. The van der Waals surface area contributed by atoms with Gasteiger partial charge in [0.25, 0.3) is 0 Å². The van der Waals surface area contributed by atoms with Crippen molar-refractivity contribution in [2.45, 2.75) is 33.0 Å². The first-order valence-corrected chi connectivity index (χ1v) is 5.99. The molecular formula is C12H19N5. The van der Waals surface area contributed by atoms with Gasteiger partial charge in [0, 0.05) is 25.5 Å². The Labute approximate surface area is 101 Å². The van der Waals surface area contributed by atoms with E-state index in [0.717, 1.165) is 31.9 Å². The number of aromatic nitrogens is 4. The predicted molar refractivity (Wildman–Crippen MR) is 66.6 cm³/mol. The van der Waals surface area contributed by atoms with Crippen molar-refractivity contribution in [1.29, 1.82) is 0 Å². The number of nitrogens with one attached hydrogen (secondary N) is 1. The molecule has 0 bridgehead atoms. The topological polar surface area (TPSA) is 47.7 Å². The minimum absolute atomic E-state index is 0.781. The molecule has 0 fully saturated rings. The molecule has 0 radical (unpaired) electrons. The van der Waals surface area contributed by atoms with E-state index < -0.39 is 0 Å². The molecule has 2 aromatic rings. The second-order valence-electron chi connectivity index (χ2n) is 4.12. The minimum atomic E-state index is 0.781. The Morgan fingerprint density at radius 3 is 3.06 bits per heavy atom. The molecular weight excluding hydrogens is 214 g/mol. The fourth-order valence-electron chi connectivity index (χ4n) is 1.87. The highest BCUT2D eigenvalue weighted by molar-refractivity contribution is 5.10. The largest absolute Gasteiger partial charge is 0.346 e. The van der Waals surface area contributed by atoms with E-state index in [4.69, 9.17) is 0 Å². The van der Waals surface area contributed by atoms with Crippen LogP contribution in [0.15, 0.2) is 24.8 Å². The van der Waals surface area contributed by atoms with Crippen LogP contribution in [0, 0.1) is 0 Å². The van der Waals surface area contributed by atoms with Gasteiger partial charge >= 0.3 is 0 Å². The average molecular weight is 233 g/mol. The average Bonchev–Trinajstić information content (AvgIpc) is 2.91. The number of rotatable bonds is 6. The van der Waals surface area contributed by atoms with Crippen molar-refractivity contribution >= 4 is 0 Å². The van der Waals surface area contributed by atoms with Gasteiger partial charge in [-0.25, -0.2) is 9.67 Å². The summed E-state index contributed by atoms with van der Waals surface area (Å²) in [6, 6.07) is 2.12. The number of nitrogens with zero attached hydrogens (tertiary/aromatic N) is 4. The van der Waals surface area contributed by atoms with Crippen LogP contribution in [0.25, 0.3) is 0 Å². The molecule has 0 unspecified atom stereocenters. The fraction of sp³-hybridized carbons (Fsp3) is 0.500. The summed E-state index contributed by atoms with van der Waals surface area (Å²) in [5.74, 6) is 1.01. The van der Waals surface area contributed by atoms with Crippen LogP contribution >= 0.6 is 0 Å². The van der Waals surface area contributed by atoms with Crippen LogP contribution in [-0.2, 0) is 19.6 Å². The maximum Gasteiger partial charge on any atom is 0.146 e. The van der Waals surface area contributed by atoms with Gasteiger partial charge in [-0.3, -0.25) is 0 Å². The monoisotopic (exact) mass is 233 g/mol. The number of hydrogen-bond donors (Lipinski definition) is 1. The number of aryl methyl sites for hydroxylation is 1. The normalized spacial score (nSPS) is 10.9. The van der Waals surface area contributed by atoms with Crippen LogP contribution in [0.2, 0.25) is 0 Å². The standard InChI is InChI=1S/C12H19N5/c1-3-5-17-12(14-10-15-17)9-16-6-4-11(8-16)7-13-2/h4,6,8,10,13H,3,5,7,9H2,1-2H3. The second kappa shape index (κ2) is 5.63. The molecule has 17 heavy (non-hydrogen) atoms.